The van der Waals surface area contributed by atoms with Crippen molar-refractivity contribution in [2.24, 2.45) is 0 Å². The summed E-state index contributed by atoms with van der Waals surface area (Å²) in [5.74, 6) is 0. The normalized spacial score (nSPS) is 11.6. The van der Waals surface area contributed by atoms with Crippen LogP contribution in [0.15, 0.2) is 27.6 Å². The molecule has 1 aromatic carbocycles. The molecule has 1 N–H and O–H groups in total. The molecule has 0 aliphatic rings. The number of thiazole rings is 1. The number of nitrogens with one attached hydrogen (secondary N) is 1. The Kier molecular flexibility index (Phi) is 4.20. The Labute approximate surface area is 129 Å². The molecule has 0 unspecified atom stereocenters. The molecule has 0 aliphatic heterocycles. The Morgan fingerprint density at radius 1 is 1.37 bits per heavy atom. The second kappa shape index (κ2) is 5.40. The standard InChI is InChI=1S/C11H10BrClN2O2S2/c1-6-7(2)18-11(14-6)15-19(16,17)8-3-4-10(13)9(12)5-8/h3-5H,1-2H3,(H,14,15). The van der Waals surface area contributed by atoms with Crippen LogP contribution in [0.4, 0.5) is 5.13 Å². The van der Waals surface area contributed by atoms with Crippen LogP contribution >= 0.6 is 38.9 Å². The van der Waals surface area contributed by atoms with Gasteiger partial charge in [0.2, 0.25) is 0 Å². The summed E-state index contributed by atoms with van der Waals surface area (Å²) in [5.41, 5.74) is 0.819. The Morgan fingerprint density at radius 3 is 2.58 bits per heavy atom. The average molecular weight is 382 g/mol. The summed E-state index contributed by atoms with van der Waals surface area (Å²) >= 11 is 10.3. The summed E-state index contributed by atoms with van der Waals surface area (Å²) in [6.45, 7) is 3.73. The molecule has 1 heterocycles. The van der Waals surface area contributed by atoms with E-state index in [0.717, 1.165) is 10.6 Å². The van der Waals surface area contributed by atoms with Crippen molar-refractivity contribution >= 4 is 54.0 Å². The van der Waals surface area contributed by atoms with Crippen LogP contribution in [0.3, 0.4) is 0 Å². The van der Waals surface area contributed by atoms with Gasteiger partial charge in [-0.15, -0.1) is 11.3 Å². The minimum atomic E-state index is -3.65. The Morgan fingerprint density at radius 2 is 2.05 bits per heavy atom. The van der Waals surface area contributed by atoms with Crippen molar-refractivity contribution in [2.75, 3.05) is 4.72 Å². The van der Waals surface area contributed by atoms with Gasteiger partial charge in [-0.3, -0.25) is 4.72 Å². The van der Waals surface area contributed by atoms with Gasteiger partial charge >= 0.3 is 0 Å². The van der Waals surface area contributed by atoms with Crippen LogP contribution in [0.2, 0.25) is 5.02 Å². The molecule has 0 amide bonds. The van der Waals surface area contributed by atoms with Crippen molar-refractivity contribution in [3.05, 3.63) is 38.3 Å². The zero-order valence-electron chi connectivity index (χ0n) is 10.1. The molecule has 0 spiro atoms. The number of benzene rings is 1. The van der Waals surface area contributed by atoms with Gasteiger partial charge in [0.1, 0.15) is 0 Å². The van der Waals surface area contributed by atoms with E-state index in [1.807, 2.05) is 13.8 Å². The van der Waals surface area contributed by atoms with Gasteiger partial charge < -0.3 is 0 Å². The lowest BCUT2D eigenvalue weighted by molar-refractivity contribution is 0.601. The van der Waals surface area contributed by atoms with Crippen LogP contribution in [-0.4, -0.2) is 13.4 Å². The third-order valence-electron chi connectivity index (χ3n) is 2.45. The lowest BCUT2D eigenvalue weighted by Gasteiger charge is -2.06. The van der Waals surface area contributed by atoms with E-state index in [4.69, 9.17) is 11.6 Å². The van der Waals surface area contributed by atoms with E-state index in [0.29, 0.717) is 14.6 Å². The van der Waals surface area contributed by atoms with E-state index < -0.39 is 10.0 Å². The van der Waals surface area contributed by atoms with Crippen LogP contribution < -0.4 is 4.72 Å². The average Bonchev–Trinajstić information content (AvgIpc) is 2.60. The van der Waals surface area contributed by atoms with Gasteiger partial charge in [0.25, 0.3) is 10.0 Å². The smallest absolute Gasteiger partial charge is 0.255 e. The van der Waals surface area contributed by atoms with Crippen molar-refractivity contribution in [3.8, 4) is 0 Å². The molecule has 0 atom stereocenters. The quantitative estimate of drug-likeness (QED) is 0.875. The van der Waals surface area contributed by atoms with E-state index in [-0.39, 0.29) is 4.90 Å². The van der Waals surface area contributed by atoms with Crippen LogP contribution in [0.5, 0.6) is 0 Å². The number of halogens is 2. The molecule has 0 saturated carbocycles. The van der Waals surface area contributed by atoms with Crippen LogP contribution in [0.25, 0.3) is 0 Å². The number of aryl methyl sites for hydroxylation is 2. The number of rotatable bonds is 3. The first-order chi connectivity index (χ1) is 8.79. The second-order valence-corrected chi connectivity index (χ2v) is 7.99. The summed E-state index contributed by atoms with van der Waals surface area (Å²) in [6.07, 6.45) is 0. The summed E-state index contributed by atoms with van der Waals surface area (Å²) in [5, 5.41) is 0.820. The van der Waals surface area contributed by atoms with Gasteiger partial charge in [-0.25, -0.2) is 13.4 Å². The first-order valence-corrected chi connectivity index (χ1v) is 8.68. The molecule has 102 valence electrons. The largest absolute Gasteiger partial charge is 0.263 e. The molecule has 0 fully saturated rings. The Bertz CT molecular complexity index is 709. The van der Waals surface area contributed by atoms with Gasteiger partial charge in [0, 0.05) is 9.35 Å². The van der Waals surface area contributed by atoms with Gasteiger partial charge in [-0.1, -0.05) is 11.6 Å². The van der Waals surface area contributed by atoms with E-state index in [1.54, 1.807) is 0 Å². The van der Waals surface area contributed by atoms with Crippen molar-refractivity contribution in [1.82, 2.24) is 4.98 Å². The maximum atomic E-state index is 12.2. The van der Waals surface area contributed by atoms with Gasteiger partial charge in [0.15, 0.2) is 5.13 Å². The van der Waals surface area contributed by atoms with Crippen molar-refractivity contribution in [2.45, 2.75) is 18.7 Å². The molecule has 2 aromatic rings. The predicted octanol–water partition coefficient (Wildman–Crippen LogP) is 3.98. The third-order valence-corrected chi connectivity index (χ3v) is 6.12. The molecule has 1 aromatic heterocycles. The van der Waals surface area contributed by atoms with Gasteiger partial charge in [-0.2, -0.15) is 0 Å². The van der Waals surface area contributed by atoms with Crippen molar-refractivity contribution in [1.29, 1.82) is 0 Å². The highest BCUT2D eigenvalue weighted by atomic mass is 79.9. The molecule has 2 rings (SSSR count). The molecule has 8 heteroatoms. The number of anilines is 1. The minimum Gasteiger partial charge on any atom is -0.255 e. The molecule has 19 heavy (non-hydrogen) atoms. The van der Waals surface area contributed by atoms with Crippen molar-refractivity contribution in [3.63, 3.8) is 0 Å². The topological polar surface area (TPSA) is 59.1 Å². The van der Waals surface area contributed by atoms with E-state index in [2.05, 4.69) is 25.6 Å². The van der Waals surface area contributed by atoms with Crippen LogP contribution in [0.1, 0.15) is 10.6 Å². The molecule has 4 nitrogen and oxygen atoms in total. The number of hydrogen-bond acceptors (Lipinski definition) is 4. The molecule has 0 aliphatic carbocycles. The minimum absolute atomic E-state index is 0.134. The molecule has 0 saturated heterocycles. The van der Waals surface area contributed by atoms with E-state index in [9.17, 15) is 8.42 Å². The summed E-state index contributed by atoms with van der Waals surface area (Å²) in [4.78, 5) is 5.27. The van der Waals surface area contributed by atoms with Gasteiger partial charge in [-0.05, 0) is 48.0 Å². The lowest BCUT2D eigenvalue weighted by Crippen LogP contribution is -2.12. The van der Waals surface area contributed by atoms with E-state index >= 15 is 0 Å². The second-order valence-electron chi connectivity index (χ2n) is 3.84. The van der Waals surface area contributed by atoms with Crippen LogP contribution in [0, 0.1) is 13.8 Å². The first-order valence-electron chi connectivity index (χ1n) is 5.21. The monoisotopic (exact) mass is 380 g/mol. The highest BCUT2D eigenvalue weighted by Gasteiger charge is 2.17. The lowest BCUT2D eigenvalue weighted by atomic mass is 10.4. The van der Waals surface area contributed by atoms with E-state index in [1.165, 1.54) is 29.5 Å². The maximum Gasteiger partial charge on any atom is 0.263 e. The molecular weight excluding hydrogens is 372 g/mol. The fraction of sp³-hybridized carbons (Fsp3) is 0.182. The summed E-state index contributed by atoms with van der Waals surface area (Å²) in [7, 11) is -3.65. The van der Waals surface area contributed by atoms with Crippen molar-refractivity contribution < 1.29 is 8.42 Å². The maximum absolute atomic E-state index is 12.2. The summed E-state index contributed by atoms with van der Waals surface area (Å²) < 4.78 is 27.3. The summed E-state index contributed by atoms with van der Waals surface area (Å²) in [6, 6.07) is 4.43. The Balaban J connectivity index is 2.34. The number of aromatic nitrogens is 1. The molecule has 0 bridgehead atoms. The predicted molar refractivity (Wildman–Crippen MR) is 81.5 cm³/mol. The van der Waals surface area contributed by atoms with Crippen LogP contribution in [-0.2, 0) is 10.0 Å². The zero-order chi connectivity index (χ0) is 14.2. The number of hydrogen-bond donors (Lipinski definition) is 1. The fourth-order valence-corrected chi connectivity index (χ4v) is 4.06. The first kappa shape index (κ1) is 14.8. The number of nitrogens with zero attached hydrogens (tertiary/aromatic N) is 1. The highest BCUT2D eigenvalue weighted by Crippen LogP contribution is 2.28. The Hall–Kier alpha value is -0.630. The molecular formula is C11H10BrClN2O2S2. The SMILES string of the molecule is Cc1nc(NS(=O)(=O)c2ccc(Cl)c(Br)c2)sc1C. The zero-order valence-corrected chi connectivity index (χ0v) is 14.0. The van der Waals surface area contributed by atoms with Gasteiger partial charge in [0.05, 0.1) is 15.6 Å². The molecule has 0 radical (unpaired) electrons. The highest BCUT2D eigenvalue weighted by molar-refractivity contribution is 9.10. The fourth-order valence-electron chi connectivity index (χ4n) is 1.33. The third kappa shape index (κ3) is 3.28. The number of sulfonamides is 1.